The van der Waals surface area contributed by atoms with Crippen LogP contribution in [0.2, 0.25) is 0 Å². The zero-order chi connectivity index (χ0) is 17.8. The third kappa shape index (κ3) is 2.47. The van der Waals surface area contributed by atoms with E-state index in [1.165, 1.54) is 12.8 Å². The molecule has 0 radical (unpaired) electrons. The van der Waals surface area contributed by atoms with Crippen LogP contribution in [0.4, 0.5) is 4.79 Å². The fraction of sp³-hybridized carbons (Fsp3) is 0.650. The van der Waals surface area contributed by atoms with Crippen LogP contribution < -0.4 is 20.1 Å². The van der Waals surface area contributed by atoms with Crippen LogP contribution in [0.15, 0.2) is 18.2 Å². The van der Waals surface area contributed by atoms with Crippen molar-refractivity contribution >= 4 is 6.03 Å². The summed E-state index contributed by atoms with van der Waals surface area (Å²) in [5.41, 5.74) is 1.50. The predicted molar refractivity (Wildman–Crippen MR) is 95.7 cm³/mol. The van der Waals surface area contributed by atoms with E-state index in [0.29, 0.717) is 11.3 Å². The van der Waals surface area contributed by atoms with Gasteiger partial charge in [-0.1, -0.05) is 26.8 Å². The van der Waals surface area contributed by atoms with Crippen molar-refractivity contribution in [2.75, 3.05) is 6.79 Å². The fourth-order valence-corrected chi connectivity index (χ4v) is 5.08. The average molecular weight is 344 g/mol. The van der Waals surface area contributed by atoms with E-state index in [4.69, 9.17) is 9.47 Å². The van der Waals surface area contributed by atoms with Gasteiger partial charge in [-0.3, -0.25) is 0 Å². The molecular formula is C20H28N2O3. The van der Waals surface area contributed by atoms with Crippen LogP contribution in [-0.2, 0) is 0 Å². The third-order valence-electron chi connectivity index (χ3n) is 7.34. The van der Waals surface area contributed by atoms with Gasteiger partial charge in [-0.2, -0.15) is 0 Å². The highest BCUT2D eigenvalue weighted by molar-refractivity contribution is 5.75. The monoisotopic (exact) mass is 344 g/mol. The van der Waals surface area contributed by atoms with Crippen LogP contribution in [0.1, 0.15) is 58.6 Å². The topological polar surface area (TPSA) is 59.6 Å². The Hall–Kier alpha value is -1.91. The molecule has 25 heavy (non-hydrogen) atoms. The molecule has 0 saturated heterocycles. The second kappa shape index (κ2) is 5.55. The van der Waals surface area contributed by atoms with E-state index in [-0.39, 0.29) is 30.3 Å². The van der Waals surface area contributed by atoms with Gasteiger partial charge in [0.1, 0.15) is 0 Å². The van der Waals surface area contributed by atoms with Gasteiger partial charge in [0.25, 0.3) is 0 Å². The molecule has 2 aliphatic carbocycles. The molecule has 1 heterocycles. The van der Waals surface area contributed by atoms with E-state index < -0.39 is 0 Å². The zero-order valence-corrected chi connectivity index (χ0v) is 15.5. The van der Waals surface area contributed by atoms with E-state index in [9.17, 15) is 4.79 Å². The highest BCUT2D eigenvalue weighted by Gasteiger charge is 2.61. The van der Waals surface area contributed by atoms with Crippen molar-refractivity contribution in [1.29, 1.82) is 0 Å². The lowest BCUT2D eigenvalue weighted by Gasteiger charge is -2.39. The minimum atomic E-state index is -0.0890. The number of benzene rings is 1. The maximum absolute atomic E-state index is 12.6. The van der Waals surface area contributed by atoms with E-state index in [1.807, 2.05) is 25.1 Å². The van der Waals surface area contributed by atoms with Crippen LogP contribution in [0, 0.1) is 16.7 Å². The summed E-state index contributed by atoms with van der Waals surface area (Å²) in [7, 11) is 0. The first-order valence-corrected chi connectivity index (χ1v) is 9.28. The van der Waals surface area contributed by atoms with Gasteiger partial charge in [0, 0.05) is 6.04 Å². The van der Waals surface area contributed by atoms with Crippen LogP contribution in [0.25, 0.3) is 0 Å². The maximum atomic E-state index is 12.6. The molecule has 2 fully saturated rings. The molecule has 1 aromatic carbocycles. The molecule has 136 valence electrons. The number of carbonyl (C=O) groups excluding carboxylic acids is 1. The summed E-state index contributed by atoms with van der Waals surface area (Å²) in [6, 6.07) is 5.89. The zero-order valence-electron chi connectivity index (χ0n) is 15.5. The quantitative estimate of drug-likeness (QED) is 0.871. The van der Waals surface area contributed by atoms with Gasteiger partial charge in [-0.15, -0.1) is 0 Å². The number of urea groups is 1. The molecule has 4 atom stereocenters. The Labute approximate surface area is 149 Å². The first kappa shape index (κ1) is 16.6. The van der Waals surface area contributed by atoms with Crippen LogP contribution in [0.5, 0.6) is 11.5 Å². The minimum Gasteiger partial charge on any atom is -0.454 e. The van der Waals surface area contributed by atoms with Gasteiger partial charge in [0.15, 0.2) is 11.5 Å². The van der Waals surface area contributed by atoms with Gasteiger partial charge in [0.05, 0.1) is 6.04 Å². The molecule has 2 saturated carbocycles. The molecule has 1 aliphatic heterocycles. The standard InChI is InChI=1S/C20H28N2O3/c1-12(13-5-6-15-16(9-13)25-11-24-15)21-18(23)22-17-10-14-7-8-20(17,4)19(14,2)3/h5-6,9,12,14,17H,7-8,10-11H2,1-4H3,(H2,21,22,23). The average Bonchev–Trinajstić information content (AvgIpc) is 3.16. The Bertz CT molecular complexity index is 702. The predicted octanol–water partition coefficient (Wildman–Crippen LogP) is 3.99. The molecule has 2 bridgehead atoms. The minimum absolute atomic E-state index is 0.0836. The first-order chi connectivity index (χ1) is 11.8. The lowest BCUT2D eigenvalue weighted by molar-refractivity contribution is 0.123. The van der Waals surface area contributed by atoms with Crippen molar-refractivity contribution in [3.05, 3.63) is 23.8 Å². The lowest BCUT2D eigenvalue weighted by atomic mass is 9.69. The summed E-state index contributed by atoms with van der Waals surface area (Å²) in [5.74, 6) is 2.22. The second-order valence-corrected chi connectivity index (χ2v) is 8.62. The summed E-state index contributed by atoms with van der Waals surface area (Å²) in [5, 5.41) is 6.33. The fourth-order valence-electron chi connectivity index (χ4n) is 5.08. The number of ether oxygens (including phenoxy) is 2. The molecular weight excluding hydrogens is 316 g/mol. The summed E-state index contributed by atoms with van der Waals surface area (Å²) >= 11 is 0. The Morgan fingerprint density at radius 1 is 1.24 bits per heavy atom. The highest BCUT2D eigenvalue weighted by atomic mass is 16.7. The Morgan fingerprint density at radius 2 is 2.00 bits per heavy atom. The van der Waals surface area contributed by atoms with E-state index in [1.54, 1.807) is 0 Å². The molecule has 2 N–H and O–H groups in total. The summed E-state index contributed by atoms with van der Waals surface area (Å²) in [6.45, 7) is 9.31. The molecule has 1 aromatic rings. The van der Waals surface area contributed by atoms with Crippen molar-refractivity contribution in [2.45, 2.75) is 59.0 Å². The van der Waals surface area contributed by atoms with Gasteiger partial charge >= 0.3 is 6.03 Å². The van der Waals surface area contributed by atoms with Gasteiger partial charge < -0.3 is 20.1 Å². The molecule has 5 heteroatoms. The molecule has 4 unspecified atom stereocenters. The van der Waals surface area contributed by atoms with Gasteiger partial charge in [-0.25, -0.2) is 4.79 Å². The highest BCUT2D eigenvalue weighted by Crippen LogP contribution is 2.65. The summed E-state index contributed by atoms with van der Waals surface area (Å²) in [6.07, 6.45) is 3.58. The van der Waals surface area contributed by atoms with Crippen molar-refractivity contribution in [2.24, 2.45) is 16.7 Å². The van der Waals surface area contributed by atoms with Crippen molar-refractivity contribution in [1.82, 2.24) is 10.6 Å². The smallest absolute Gasteiger partial charge is 0.315 e. The van der Waals surface area contributed by atoms with Crippen LogP contribution in [0.3, 0.4) is 0 Å². The number of carbonyl (C=O) groups is 1. The SMILES string of the molecule is CC(NC(=O)NC1CC2CCC1(C)C2(C)C)c1ccc2c(c1)OCO2. The number of hydrogen-bond acceptors (Lipinski definition) is 3. The Morgan fingerprint density at radius 3 is 2.68 bits per heavy atom. The molecule has 4 rings (SSSR count). The second-order valence-electron chi connectivity index (χ2n) is 8.62. The number of rotatable bonds is 3. The number of fused-ring (bicyclic) bond motifs is 3. The lowest BCUT2D eigenvalue weighted by Crippen LogP contribution is -2.50. The van der Waals surface area contributed by atoms with E-state index in [2.05, 4.69) is 31.4 Å². The largest absolute Gasteiger partial charge is 0.454 e. The number of hydrogen-bond donors (Lipinski definition) is 2. The molecule has 5 nitrogen and oxygen atoms in total. The first-order valence-electron chi connectivity index (χ1n) is 9.28. The van der Waals surface area contributed by atoms with Gasteiger partial charge in [-0.05, 0) is 60.6 Å². The van der Waals surface area contributed by atoms with Crippen LogP contribution >= 0.6 is 0 Å². The van der Waals surface area contributed by atoms with E-state index in [0.717, 1.165) is 23.5 Å². The van der Waals surface area contributed by atoms with Crippen molar-refractivity contribution < 1.29 is 14.3 Å². The third-order valence-corrected chi connectivity index (χ3v) is 7.34. The van der Waals surface area contributed by atoms with Gasteiger partial charge in [0.2, 0.25) is 6.79 Å². The number of amides is 2. The molecule has 3 aliphatic rings. The van der Waals surface area contributed by atoms with Crippen LogP contribution in [-0.4, -0.2) is 18.9 Å². The Balaban J connectivity index is 1.40. The Kier molecular flexibility index (Phi) is 3.67. The van der Waals surface area contributed by atoms with Crippen molar-refractivity contribution in [3.8, 4) is 11.5 Å². The van der Waals surface area contributed by atoms with E-state index >= 15 is 0 Å². The normalized spacial score (nSPS) is 32.5. The maximum Gasteiger partial charge on any atom is 0.315 e. The number of nitrogens with one attached hydrogen (secondary N) is 2. The summed E-state index contributed by atoms with van der Waals surface area (Å²) < 4.78 is 10.8. The molecule has 0 spiro atoms. The molecule has 0 aromatic heterocycles. The van der Waals surface area contributed by atoms with Crippen molar-refractivity contribution in [3.63, 3.8) is 0 Å². The summed E-state index contributed by atoms with van der Waals surface area (Å²) in [4.78, 5) is 12.6. The molecule has 2 amide bonds.